The molecule has 0 spiro atoms. The topological polar surface area (TPSA) is 66.5 Å². The molecule has 0 aliphatic heterocycles. The summed E-state index contributed by atoms with van der Waals surface area (Å²) in [6.07, 6.45) is -0.674. The number of phenolic OH excluding ortho intramolecular Hbond substituents is 1. The quantitative estimate of drug-likeness (QED) is 0.759. The molecule has 0 radical (unpaired) electrons. The fourth-order valence-corrected chi connectivity index (χ4v) is 1.91. The number of nitrogens with two attached hydrogens (primary N) is 1. The normalized spacial score (nSPS) is 12.9. The number of halogens is 1. The molecule has 1 atom stereocenters. The maximum atomic E-state index is 9.68. The van der Waals surface area contributed by atoms with Gasteiger partial charge in [0, 0.05) is 6.54 Å². The highest BCUT2D eigenvalue weighted by Gasteiger charge is 2.16. The third-order valence-electron chi connectivity index (χ3n) is 2.29. The molecule has 4 N–H and O–H groups in total. The third-order valence-corrected chi connectivity index (χ3v) is 3.29. The highest BCUT2D eigenvalue weighted by Crippen LogP contribution is 2.34. The molecular formula is C10H14BrNO2. The number of aryl methyl sites for hydroxylation is 1. The predicted molar refractivity (Wildman–Crippen MR) is 59.3 cm³/mol. The Balaban J connectivity index is 3.36. The van der Waals surface area contributed by atoms with Crippen molar-refractivity contribution in [2.45, 2.75) is 20.0 Å². The van der Waals surface area contributed by atoms with Crippen molar-refractivity contribution in [3.8, 4) is 5.75 Å². The number of benzene rings is 1. The van der Waals surface area contributed by atoms with Crippen molar-refractivity contribution < 1.29 is 10.2 Å². The number of phenols is 1. The van der Waals surface area contributed by atoms with E-state index in [2.05, 4.69) is 15.9 Å². The van der Waals surface area contributed by atoms with Crippen LogP contribution in [0.2, 0.25) is 0 Å². The molecule has 3 nitrogen and oxygen atoms in total. The van der Waals surface area contributed by atoms with E-state index in [0.29, 0.717) is 4.47 Å². The Morgan fingerprint density at radius 3 is 2.57 bits per heavy atom. The summed E-state index contributed by atoms with van der Waals surface area (Å²) in [4.78, 5) is 0. The van der Waals surface area contributed by atoms with Crippen LogP contribution in [0.15, 0.2) is 10.5 Å². The largest absolute Gasteiger partial charge is 0.507 e. The SMILES string of the molecule is Cc1cc(O)c(Br)c(C)c1C(O)CN. The zero-order valence-electron chi connectivity index (χ0n) is 8.21. The second kappa shape index (κ2) is 4.29. The van der Waals surface area contributed by atoms with E-state index in [1.807, 2.05) is 13.8 Å². The van der Waals surface area contributed by atoms with Gasteiger partial charge < -0.3 is 15.9 Å². The lowest BCUT2D eigenvalue weighted by Gasteiger charge is -2.16. The van der Waals surface area contributed by atoms with Gasteiger partial charge >= 0.3 is 0 Å². The average Bonchev–Trinajstić information content (AvgIpc) is 2.14. The molecule has 0 aliphatic rings. The third kappa shape index (κ3) is 1.92. The van der Waals surface area contributed by atoms with Gasteiger partial charge in [0.2, 0.25) is 0 Å². The smallest absolute Gasteiger partial charge is 0.130 e. The molecule has 0 saturated carbocycles. The maximum absolute atomic E-state index is 9.68. The van der Waals surface area contributed by atoms with E-state index in [4.69, 9.17) is 5.73 Å². The Labute approximate surface area is 91.7 Å². The second-order valence-electron chi connectivity index (χ2n) is 3.32. The van der Waals surface area contributed by atoms with Gasteiger partial charge in [-0.2, -0.15) is 0 Å². The van der Waals surface area contributed by atoms with E-state index < -0.39 is 6.10 Å². The van der Waals surface area contributed by atoms with E-state index in [1.165, 1.54) is 0 Å². The first-order valence-corrected chi connectivity index (χ1v) is 5.15. The zero-order valence-corrected chi connectivity index (χ0v) is 9.80. The first-order valence-electron chi connectivity index (χ1n) is 4.35. The van der Waals surface area contributed by atoms with Crippen LogP contribution < -0.4 is 5.73 Å². The summed E-state index contributed by atoms with van der Waals surface area (Å²) in [5, 5.41) is 19.2. The summed E-state index contributed by atoms with van der Waals surface area (Å²) in [5.74, 6) is 0.188. The lowest BCUT2D eigenvalue weighted by molar-refractivity contribution is 0.185. The monoisotopic (exact) mass is 259 g/mol. The van der Waals surface area contributed by atoms with Crippen molar-refractivity contribution in [2.75, 3.05) is 6.54 Å². The van der Waals surface area contributed by atoms with E-state index in [-0.39, 0.29) is 12.3 Å². The van der Waals surface area contributed by atoms with Crippen molar-refractivity contribution in [1.29, 1.82) is 0 Å². The molecule has 0 amide bonds. The molecule has 0 heterocycles. The first-order chi connectivity index (χ1) is 6.49. The van der Waals surface area contributed by atoms with Gasteiger partial charge in [0.15, 0.2) is 0 Å². The molecular weight excluding hydrogens is 246 g/mol. The minimum absolute atomic E-state index is 0.179. The van der Waals surface area contributed by atoms with E-state index >= 15 is 0 Å². The van der Waals surface area contributed by atoms with Crippen LogP contribution in [0.3, 0.4) is 0 Å². The van der Waals surface area contributed by atoms with Gasteiger partial charge in [-0.1, -0.05) is 0 Å². The Morgan fingerprint density at radius 2 is 2.07 bits per heavy atom. The summed E-state index contributed by atoms with van der Waals surface area (Å²) in [6.45, 7) is 3.86. The van der Waals surface area contributed by atoms with E-state index in [1.54, 1.807) is 6.07 Å². The molecule has 1 rings (SSSR count). The van der Waals surface area contributed by atoms with Crippen molar-refractivity contribution >= 4 is 15.9 Å². The molecule has 14 heavy (non-hydrogen) atoms. The molecule has 1 unspecified atom stereocenters. The van der Waals surface area contributed by atoms with Crippen LogP contribution >= 0.6 is 15.9 Å². The van der Waals surface area contributed by atoms with Gasteiger partial charge in [-0.05, 0) is 52.5 Å². The number of aromatic hydroxyl groups is 1. The Bertz CT molecular complexity index is 352. The van der Waals surface area contributed by atoms with Crippen LogP contribution in [0.1, 0.15) is 22.8 Å². The minimum Gasteiger partial charge on any atom is -0.507 e. The fraction of sp³-hybridized carbons (Fsp3) is 0.400. The molecule has 1 aromatic rings. The molecule has 4 heteroatoms. The number of rotatable bonds is 2. The minimum atomic E-state index is -0.674. The van der Waals surface area contributed by atoms with Gasteiger partial charge in [0.1, 0.15) is 5.75 Å². The van der Waals surface area contributed by atoms with Crippen LogP contribution in [-0.2, 0) is 0 Å². The van der Waals surface area contributed by atoms with Gasteiger partial charge in [-0.25, -0.2) is 0 Å². The second-order valence-corrected chi connectivity index (χ2v) is 4.11. The number of hydrogen-bond donors (Lipinski definition) is 3. The van der Waals surface area contributed by atoms with Crippen molar-refractivity contribution in [3.63, 3.8) is 0 Å². The Hall–Kier alpha value is -0.580. The van der Waals surface area contributed by atoms with Gasteiger partial charge in [-0.15, -0.1) is 0 Å². The van der Waals surface area contributed by atoms with E-state index in [9.17, 15) is 10.2 Å². The highest BCUT2D eigenvalue weighted by molar-refractivity contribution is 9.10. The first kappa shape index (κ1) is 11.5. The molecule has 0 bridgehead atoms. The maximum Gasteiger partial charge on any atom is 0.130 e. The Morgan fingerprint density at radius 1 is 1.50 bits per heavy atom. The standard InChI is InChI=1S/C10H14BrNO2/c1-5-3-7(13)10(11)6(2)9(5)8(14)4-12/h3,8,13-14H,4,12H2,1-2H3. The van der Waals surface area contributed by atoms with Crippen LogP contribution in [-0.4, -0.2) is 16.8 Å². The average molecular weight is 260 g/mol. The van der Waals surface area contributed by atoms with Crippen molar-refractivity contribution in [1.82, 2.24) is 0 Å². The fourth-order valence-electron chi connectivity index (χ4n) is 1.58. The van der Waals surface area contributed by atoms with Crippen LogP contribution in [0.4, 0.5) is 0 Å². The van der Waals surface area contributed by atoms with Gasteiger partial charge in [0.05, 0.1) is 10.6 Å². The van der Waals surface area contributed by atoms with E-state index in [0.717, 1.165) is 16.7 Å². The Kier molecular flexibility index (Phi) is 3.53. The van der Waals surface area contributed by atoms with Crippen molar-refractivity contribution in [3.05, 3.63) is 27.2 Å². The van der Waals surface area contributed by atoms with Crippen LogP contribution in [0, 0.1) is 13.8 Å². The summed E-state index contributed by atoms with van der Waals surface area (Å²) in [6, 6.07) is 1.62. The van der Waals surface area contributed by atoms with Gasteiger partial charge in [0.25, 0.3) is 0 Å². The molecule has 1 aromatic carbocycles. The highest BCUT2D eigenvalue weighted by atomic mass is 79.9. The lowest BCUT2D eigenvalue weighted by atomic mass is 9.97. The summed E-state index contributed by atoms with van der Waals surface area (Å²) >= 11 is 3.26. The van der Waals surface area contributed by atoms with Gasteiger partial charge in [-0.3, -0.25) is 0 Å². The molecule has 0 aromatic heterocycles. The summed E-state index contributed by atoms with van der Waals surface area (Å²) in [5.41, 5.74) is 7.87. The number of hydrogen-bond acceptors (Lipinski definition) is 3. The van der Waals surface area contributed by atoms with Crippen LogP contribution in [0.25, 0.3) is 0 Å². The number of aliphatic hydroxyl groups excluding tert-OH is 1. The van der Waals surface area contributed by atoms with Crippen molar-refractivity contribution in [2.24, 2.45) is 5.73 Å². The molecule has 78 valence electrons. The summed E-state index contributed by atoms with van der Waals surface area (Å²) < 4.78 is 0.616. The number of aliphatic hydroxyl groups is 1. The lowest BCUT2D eigenvalue weighted by Crippen LogP contribution is -2.14. The van der Waals surface area contributed by atoms with Crippen LogP contribution in [0.5, 0.6) is 5.75 Å². The predicted octanol–water partition coefficient (Wildman–Crippen LogP) is 1.76. The molecule has 0 saturated heterocycles. The summed E-state index contributed by atoms with van der Waals surface area (Å²) in [7, 11) is 0. The molecule has 0 fully saturated rings. The molecule has 0 aliphatic carbocycles. The zero-order chi connectivity index (χ0) is 10.9.